The van der Waals surface area contributed by atoms with Crippen LogP contribution in [0.2, 0.25) is 0 Å². The third kappa shape index (κ3) is 4.24. The molecule has 1 heterocycles. The SMILES string of the molecule is COc1ccc(CCNC(=O)[C@@H]2CCN(c3ccc(F)cc3)C2=O)cc1OC. The van der Waals surface area contributed by atoms with E-state index in [0.29, 0.717) is 43.1 Å². The minimum Gasteiger partial charge on any atom is -0.493 e. The van der Waals surface area contributed by atoms with Crippen molar-refractivity contribution in [3.8, 4) is 11.5 Å². The summed E-state index contributed by atoms with van der Waals surface area (Å²) in [5.41, 5.74) is 1.59. The van der Waals surface area contributed by atoms with Crippen LogP contribution in [0.25, 0.3) is 0 Å². The molecule has 7 heteroatoms. The van der Waals surface area contributed by atoms with Crippen molar-refractivity contribution >= 4 is 17.5 Å². The monoisotopic (exact) mass is 386 g/mol. The Hall–Kier alpha value is -3.09. The number of hydrogen-bond acceptors (Lipinski definition) is 4. The quantitative estimate of drug-likeness (QED) is 0.743. The summed E-state index contributed by atoms with van der Waals surface area (Å²) >= 11 is 0. The molecule has 0 aliphatic carbocycles. The first kappa shape index (κ1) is 19.7. The van der Waals surface area contributed by atoms with E-state index in [0.717, 1.165) is 5.56 Å². The number of amides is 2. The lowest BCUT2D eigenvalue weighted by Crippen LogP contribution is -2.37. The van der Waals surface area contributed by atoms with Crippen LogP contribution in [0.4, 0.5) is 10.1 Å². The van der Waals surface area contributed by atoms with E-state index >= 15 is 0 Å². The van der Waals surface area contributed by atoms with Crippen molar-refractivity contribution in [3.63, 3.8) is 0 Å². The number of halogens is 1. The van der Waals surface area contributed by atoms with Crippen molar-refractivity contribution < 1.29 is 23.5 Å². The van der Waals surface area contributed by atoms with Crippen LogP contribution in [-0.2, 0) is 16.0 Å². The molecule has 1 saturated heterocycles. The Bertz CT molecular complexity index is 854. The van der Waals surface area contributed by atoms with Gasteiger partial charge < -0.3 is 19.7 Å². The zero-order valence-electron chi connectivity index (χ0n) is 15.9. The number of rotatable bonds is 7. The van der Waals surface area contributed by atoms with Gasteiger partial charge in [-0.2, -0.15) is 0 Å². The van der Waals surface area contributed by atoms with E-state index in [9.17, 15) is 14.0 Å². The molecular weight excluding hydrogens is 363 g/mol. The first-order valence-electron chi connectivity index (χ1n) is 9.09. The minimum atomic E-state index is -0.713. The number of carbonyl (C=O) groups is 2. The van der Waals surface area contributed by atoms with Crippen molar-refractivity contribution in [2.45, 2.75) is 12.8 Å². The Morgan fingerprint density at radius 1 is 1.14 bits per heavy atom. The summed E-state index contributed by atoms with van der Waals surface area (Å²) in [5.74, 6) is -0.333. The molecule has 28 heavy (non-hydrogen) atoms. The molecule has 1 N–H and O–H groups in total. The molecule has 0 unspecified atom stereocenters. The maximum absolute atomic E-state index is 13.1. The van der Waals surface area contributed by atoms with E-state index in [2.05, 4.69) is 5.32 Å². The van der Waals surface area contributed by atoms with Crippen LogP contribution in [0.3, 0.4) is 0 Å². The molecule has 1 fully saturated rings. The number of ether oxygens (including phenoxy) is 2. The number of benzene rings is 2. The first-order valence-corrected chi connectivity index (χ1v) is 9.09. The van der Waals surface area contributed by atoms with E-state index in [1.807, 2.05) is 18.2 Å². The maximum atomic E-state index is 13.1. The summed E-state index contributed by atoms with van der Waals surface area (Å²) in [6, 6.07) is 11.3. The van der Waals surface area contributed by atoms with Crippen LogP contribution in [0.15, 0.2) is 42.5 Å². The van der Waals surface area contributed by atoms with Crippen molar-refractivity contribution in [1.82, 2.24) is 5.32 Å². The van der Waals surface area contributed by atoms with Crippen molar-refractivity contribution in [2.75, 3.05) is 32.2 Å². The average molecular weight is 386 g/mol. The lowest BCUT2D eigenvalue weighted by atomic mass is 10.1. The summed E-state index contributed by atoms with van der Waals surface area (Å²) in [4.78, 5) is 26.5. The topological polar surface area (TPSA) is 67.9 Å². The molecule has 0 saturated carbocycles. The molecule has 3 rings (SSSR count). The predicted molar refractivity (Wildman–Crippen MR) is 103 cm³/mol. The van der Waals surface area contributed by atoms with E-state index < -0.39 is 5.92 Å². The highest BCUT2D eigenvalue weighted by atomic mass is 19.1. The van der Waals surface area contributed by atoms with Gasteiger partial charge in [-0.25, -0.2) is 4.39 Å². The third-order valence-electron chi connectivity index (χ3n) is 4.82. The number of methoxy groups -OCH3 is 2. The highest BCUT2D eigenvalue weighted by molar-refractivity contribution is 6.09. The van der Waals surface area contributed by atoms with Crippen LogP contribution in [-0.4, -0.2) is 39.1 Å². The van der Waals surface area contributed by atoms with Crippen LogP contribution in [0.1, 0.15) is 12.0 Å². The normalized spacial score (nSPS) is 16.2. The van der Waals surface area contributed by atoms with Gasteiger partial charge in [-0.15, -0.1) is 0 Å². The lowest BCUT2D eigenvalue weighted by Gasteiger charge is -2.16. The van der Waals surface area contributed by atoms with E-state index in [1.54, 1.807) is 26.4 Å². The van der Waals surface area contributed by atoms with Gasteiger partial charge in [-0.3, -0.25) is 9.59 Å². The number of nitrogens with zero attached hydrogens (tertiary/aromatic N) is 1. The van der Waals surface area contributed by atoms with Gasteiger partial charge in [0.25, 0.3) is 0 Å². The third-order valence-corrected chi connectivity index (χ3v) is 4.82. The van der Waals surface area contributed by atoms with Gasteiger partial charge in [-0.05, 0) is 54.8 Å². The Kier molecular flexibility index (Phi) is 6.13. The van der Waals surface area contributed by atoms with Gasteiger partial charge in [0, 0.05) is 18.8 Å². The summed E-state index contributed by atoms with van der Waals surface area (Å²) in [6.45, 7) is 0.854. The first-order chi connectivity index (χ1) is 13.5. The fourth-order valence-corrected chi connectivity index (χ4v) is 3.29. The number of anilines is 1. The molecular formula is C21H23FN2O4. The molecule has 0 spiro atoms. The van der Waals surface area contributed by atoms with Gasteiger partial charge in [0.15, 0.2) is 11.5 Å². The van der Waals surface area contributed by atoms with Gasteiger partial charge >= 0.3 is 0 Å². The second-order valence-corrected chi connectivity index (χ2v) is 6.54. The highest BCUT2D eigenvalue weighted by Crippen LogP contribution is 2.28. The predicted octanol–water partition coefficient (Wildman–Crippen LogP) is 2.55. The minimum absolute atomic E-state index is 0.254. The number of hydrogen-bond donors (Lipinski definition) is 1. The zero-order chi connectivity index (χ0) is 20.1. The zero-order valence-corrected chi connectivity index (χ0v) is 15.9. The maximum Gasteiger partial charge on any atom is 0.239 e. The van der Waals surface area contributed by atoms with Crippen LogP contribution < -0.4 is 19.7 Å². The van der Waals surface area contributed by atoms with E-state index in [1.165, 1.54) is 17.0 Å². The second-order valence-electron chi connectivity index (χ2n) is 6.54. The molecule has 0 radical (unpaired) electrons. The molecule has 0 aromatic heterocycles. The summed E-state index contributed by atoms with van der Waals surface area (Å²) in [6.07, 6.45) is 1.05. The second kappa shape index (κ2) is 8.73. The van der Waals surface area contributed by atoms with Crippen LogP contribution in [0, 0.1) is 11.7 Å². The number of carbonyl (C=O) groups excluding carboxylic acids is 2. The van der Waals surface area contributed by atoms with Crippen LogP contribution >= 0.6 is 0 Å². The molecule has 148 valence electrons. The fraction of sp³-hybridized carbons (Fsp3) is 0.333. The van der Waals surface area contributed by atoms with Crippen molar-refractivity contribution in [1.29, 1.82) is 0 Å². The van der Waals surface area contributed by atoms with Crippen molar-refractivity contribution in [2.24, 2.45) is 5.92 Å². The Balaban J connectivity index is 1.54. The van der Waals surface area contributed by atoms with Crippen molar-refractivity contribution in [3.05, 3.63) is 53.8 Å². The lowest BCUT2D eigenvalue weighted by molar-refractivity contribution is -0.132. The molecule has 1 aliphatic heterocycles. The van der Waals surface area contributed by atoms with E-state index in [4.69, 9.17) is 9.47 Å². The van der Waals surface area contributed by atoms with Gasteiger partial charge in [0.1, 0.15) is 11.7 Å². The highest BCUT2D eigenvalue weighted by Gasteiger charge is 2.37. The summed E-state index contributed by atoms with van der Waals surface area (Å²) in [5, 5.41) is 2.83. The van der Waals surface area contributed by atoms with Crippen LogP contribution in [0.5, 0.6) is 11.5 Å². The fourth-order valence-electron chi connectivity index (χ4n) is 3.29. The number of nitrogens with one attached hydrogen (secondary N) is 1. The molecule has 6 nitrogen and oxygen atoms in total. The Labute approximate surface area is 163 Å². The van der Waals surface area contributed by atoms with Gasteiger partial charge in [-0.1, -0.05) is 6.07 Å². The largest absolute Gasteiger partial charge is 0.493 e. The standard InChI is InChI=1S/C21H23FN2O4/c1-27-18-8-3-14(13-19(18)28-2)9-11-23-20(25)17-10-12-24(21(17)26)16-6-4-15(22)5-7-16/h3-8,13,17H,9-12H2,1-2H3,(H,23,25)/t17-/m0/s1. The molecule has 2 aromatic carbocycles. The smallest absolute Gasteiger partial charge is 0.239 e. The molecule has 2 amide bonds. The molecule has 0 bridgehead atoms. The summed E-state index contributed by atoms with van der Waals surface area (Å²) < 4.78 is 23.5. The van der Waals surface area contributed by atoms with Gasteiger partial charge in [0.05, 0.1) is 14.2 Å². The average Bonchev–Trinajstić information content (AvgIpc) is 3.09. The molecule has 1 atom stereocenters. The Morgan fingerprint density at radius 3 is 2.54 bits per heavy atom. The molecule has 1 aliphatic rings. The van der Waals surface area contributed by atoms with Gasteiger partial charge in [0.2, 0.25) is 11.8 Å². The molecule has 2 aromatic rings. The van der Waals surface area contributed by atoms with E-state index in [-0.39, 0.29) is 17.6 Å². The summed E-state index contributed by atoms with van der Waals surface area (Å²) in [7, 11) is 3.15. The Morgan fingerprint density at radius 2 is 1.86 bits per heavy atom.